The van der Waals surface area contributed by atoms with Crippen LogP contribution in [0.15, 0.2) is 0 Å². The number of carboxylic acids is 1. The molecule has 0 radical (unpaired) electrons. The van der Waals surface area contributed by atoms with Crippen molar-refractivity contribution in [1.29, 1.82) is 0 Å². The van der Waals surface area contributed by atoms with Crippen molar-refractivity contribution < 1.29 is 27.9 Å². The normalized spacial score (nSPS) is 21.1. The van der Waals surface area contributed by atoms with Crippen LogP contribution in [0.4, 0.5) is 0 Å². The van der Waals surface area contributed by atoms with Crippen molar-refractivity contribution in [2.45, 2.75) is 32.4 Å². The van der Waals surface area contributed by atoms with Crippen LogP contribution in [0.1, 0.15) is 20.3 Å². The Morgan fingerprint density at radius 2 is 2.00 bits per heavy atom. The fourth-order valence-electron chi connectivity index (χ4n) is 2.31. The molecule has 1 fully saturated rings. The van der Waals surface area contributed by atoms with Gasteiger partial charge in [0.15, 0.2) is 6.10 Å². The summed E-state index contributed by atoms with van der Waals surface area (Å²) in [5, 5.41) is 11.3. The van der Waals surface area contributed by atoms with Crippen LogP contribution < -0.4 is 5.32 Å². The molecular weight excluding hydrogens is 300 g/mol. The van der Waals surface area contributed by atoms with E-state index in [1.807, 2.05) is 0 Å². The highest BCUT2D eigenvalue weighted by atomic mass is 32.2. The zero-order valence-electron chi connectivity index (χ0n) is 12.4. The van der Waals surface area contributed by atoms with Crippen LogP contribution in [0.2, 0.25) is 0 Å². The second-order valence-corrected chi connectivity index (χ2v) is 7.32. The zero-order valence-corrected chi connectivity index (χ0v) is 13.2. The maximum atomic E-state index is 12.2. The van der Waals surface area contributed by atoms with Gasteiger partial charge in [-0.1, -0.05) is 13.8 Å². The average molecular weight is 322 g/mol. The lowest BCUT2D eigenvalue weighted by molar-refractivity contribution is -0.148. The SMILES string of the molecule is COC(CNC(=O)C(C(C)C)N1CCCS1(=O)=O)C(=O)O. The Morgan fingerprint density at radius 3 is 2.38 bits per heavy atom. The number of hydrogen-bond acceptors (Lipinski definition) is 5. The topological polar surface area (TPSA) is 113 Å². The van der Waals surface area contributed by atoms with Crippen LogP contribution in [0.5, 0.6) is 0 Å². The number of amides is 1. The summed E-state index contributed by atoms with van der Waals surface area (Å²) in [4.78, 5) is 23.1. The highest BCUT2D eigenvalue weighted by molar-refractivity contribution is 7.89. The Bertz CT molecular complexity index is 490. The molecule has 122 valence electrons. The fourth-order valence-corrected chi connectivity index (χ4v) is 4.13. The van der Waals surface area contributed by atoms with E-state index in [1.54, 1.807) is 13.8 Å². The molecule has 0 saturated carbocycles. The van der Waals surface area contributed by atoms with Crippen molar-refractivity contribution in [1.82, 2.24) is 9.62 Å². The molecule has 1 heterocycles. The zero-order chi connectivity index (χ0) is 16.2. The summed E-state index contributed by atoms with van der Waals surface area (Å²) in [6.45, 7) is 3.61. The van der Waals surface area contributed by atoms with E-state index in [-0.39, 0.29) is 18.2 Å². The summed E-state index contributed by atoms with van der Waals surface area (Å²) in [6.07, 6.45) is -0.661. The van der Waals surface area contributed by atoms with Crippen LogP contribution in [0.3, 0.4) is 0 Å². The molecule has 2 unspecified atom stereocenters. The Kier molecular flexibility index (Phi) is 6.11. The highest BCUT2D eigenvalue weighted by Gasteiger charge is 2.40. The molecule has 1 amide bonds. The average Bonchev–Trinajstić information content (AvgIpc) is 2.69. The monoisotopic (exact) mass is 322 g/mol. The van der Waals surface area contributed by atoms with Gasteiger partial charge in [-0.15, -0.1) is 0 Å². The first-order valence-electron chi connectivity index (χ1n) is 6.73. The van der Waals surface area contributed by atoms with E-state index in [4.69, 9.17) is 9.84 Å². The van der Waals surface area contributed by atoms with E-state index in [0.29, 0.717) is 13.0 Å². The quantitative estimate of drug-likeness (QED) is 0.638. The maximum absolute atomic E-state index is 12.2. The number of carbonyl (C=O) groups is 2. The van der Waals surface area contributed by atoms with Gasteiger partial charge in [0, 0.05) is 13.7 Å². The van der Waals surface area contributed by atoms with Gasteiger partial charge in [0.05, 0.1) is 12.3 Å². The van der Waals surface area contributed by atoms with Gasteiger partial charge in [-0.2, -0.15) is 4.31 Å². The van der Waals surface area contributed by atoms with Gasteiger partial charge in [0.25, 0.3) is 0 Å². The summed E-state index contributed by atoms with van der Waals surface area (Å²) in [7, 11) is -2.18. The van der Waals surface area contributed by atoms with Gasteiger partial charge in [-0.25, -0.2) is 13.2 Å². The molecule has 8 nitrogen and oxygen atoms in total. The van der Waals surface area contributed by atoms with Gasteiger partial charge in [-0.3, -0.25) is 4.79 Å². The number of nitrogens with zero attached hydrogens (tertiary/aromatic N) is 1. The minimum absolute atomic E-state index is 0.0410. The number of ether oxygens (including phenoxy) is 1. The van der Waals surface area contributed by atoms with Gasteiger partial charge < -0.3 is 15.2 Å². The predicted molar refractivity (Wildman–Crippen MR) is 75.2 cm³/mol. The number of methoxy groups -OCH3 is 1. The van der Waals surface area contributed by atoms with Crippen LogP contribution in [0.25, 0.3) is 0 Å². The minimum Gasteiger partial charge on any atom is -0.479 e. The number of carboxylic acid groups (broad SMARTS) is 1. The Labute approximate surface area is 124 Å². The van der Waals surface area contributed by atoms with Crippen LogP contribution >= 0.6 is 0 Å². The molecule has 0 bridgehead atoms. The molecule has 1 aliphatic rings. The summed E-state index contributed by atoms with van der Waals surface area (Å²) >= 11 is 0. The van der Waals surface area contributed by atoms with E-state index < -0.39 is 34.0 Å². The second-order valence-electron chi connectivity index (χ2n) is 5.28. The Hall–Kier alpha value is -1.19. The van der Waals surface area contributed by atoms with Gasteiger partial charge in [0.1, 0.15) is 6.04 Å². The van der Waals surface area contributed by atoms with Gasteiger partial charge in [0.2, 0.25) is 15.9 Å². The second kappa shape index (κ2) is 7.19. The molecule has 0 aliphatic carbocycles. The van der Waals surface area contributed by atoms with E-state index in [0.717, 1.165) is 0 Å². The third-order valence-electron chi connectivity index (χ3n) is 3.37. The Balaban J connectivity index is 2.78. The smallest absolute Gasteiger partial charge is 0.334 e. The first-order chi connectivity index (χ1) is 9.70. The van der Waals surface area contributed by atoms with E-state index in [1.165, 1.54) is 11.4 Å². The molecule has 2 N–H and O–H groups in total. The lowest BCUT2D eigenvalue weighted by Gasteiger charge is -2.28. The summed E-state index contributed by atoms with van der Waals surface area (Å²) in [5.41, 5.74) is 0. The van der Waals surface area contributed by atoms with E-state index in [2.05, 4.69) is 5.32 Å². The largest absolute Gasteiger partial charge is 0.479 e. The van der Waals surface area contributed by atoms with Gasteiger partial charge in [-0.05, 0) is 12.3 Å². The number of aliphatic carboxylic acids is 1. The van der Waals surface area contributed by atoms with Crippen molar-refractivity contribution in [3.63, 3.8) is 0 Å². The van der Waals surface area contributed by atoms with Crippen LogP contribution in [-0.4, -0.2) is 67.8 Å². The van der Waals surface area contributed by atoms with Crippen LogP contribution in [-0.2, 0) is 24.3 Å². The molecule has 0 aromatic carbocycles. The summed E-state index contributed by atoms with van der Waals surface area (Å²) in [5.74, 6) is -1.87. The number of hydrogen-bond donors (Lipinski definition) is 2. The molecule has 0 spiro atoms. The molecule has 2 atom stereocenters. The predicted octanol–water partition coefficient (Wildman–Crippen LogP) is -0.738. The first-order valence-corrected chi connectivity index (χ1v) is 8.34. The molecule has 9 heteroatoms. The van der Waals surface area contributed by atoms with Crippen molar-refractivity contribution in [3.8, 4) is 0 Å². The van der Waals surface area contributed by atoms with E-state index >= 15 is 0 Å². The molecule has 21 heavy (non-hydrogen) atoms. The van der Waals surface area contributed by atoms with Crippen molar-refractivity contribution in [2.75, 3.05) is 26.0 Å². The summed E-state index contributed by atoms with van der Waals surface area (Å²) in [6, 6.07) is -0.830. The third-order valence-corrected chi connectivity index (χ3v) is 5.30. The first kappa shape index (κ1) is 17.9. The molecule has 1 rings (SSSR count). The lowest BCUT2D eigenvalue weighted by atomic mass is 10.0. The fraction of sp³-hybridized carbons (Fsp3) is 0.833. The van der Waals surface area contributed by atoms with Crippen molar-refractivity contribution in [3.05, 3.63) is 0 Å². The lowest BCUT2D eigenvalue weighted by Crippen LogP contribution is -2.52. The minimum atomic E-state index is -3.41. The van der Waals surface area contributed by atoms with Crippen molar-refractivity contribution in [2.24, 2.45) is 5.92 Å². The summed E-state index contributed by atoms with van der Waals surface area (Å²) < 4.78 is 29.8. The van der Waals surface area contributed by atoms with Gasteiger partial charge >= 0.3 is 5.97 Å². The number of carbonyl (C=O) groups excluding carboxylic acids is 1. The number of nitrogens with one attached hydrogen (secondary N) is 1. The highest BCUT2D eigenvalue weighted by Crippen LogP contribution is 2.22. The molecule has 0 aromatic heterocycles. The standard InChI is InChI=1S/C12H22N2O6S/c1-8(2)10(14-5-4-6-21(14,18)19)11(15)13-7-9(20-3)12(16)17/h8-10H,4-7H2,1-3H3,(H,13,15)(H,16,17). The van der Waals surface area contributed by atoms with Crippen LogP contribution in [0, 0.1) is 5.92 Å². The van der Waals surface area contributed by atoms with Crippen molar-refractivity contribution >= 4 is 21.9 Å². The number of sulfonamides is 1. The molecular formula is C12H22N2O6S. The molecule has 1 saturated heterocycles. The van der Waals surface area contributed by atoms with E-state index in [9.17, 15) is 18.0 Å². The number of rotatable bonds is 7. The maximum Gasteiger partial charge on any atom is 0.334 e. The molecule has 0 aromatic rings. The third kappa shape index (κ3) is 4.39. The molecule has 1 aliphatic heterocycles. The Morgan fingerprint density at radius 1 is 1.38 bits per heavy atom.